The molecule has 2 rings (SSSR count). The van der Waals surface area contributed by atoms with E-state index in [0.29, 0.717) is 12.5 Å². The molecule has 1 amide bonds. The Morgan fingerprint density at radius 3 is 2.75 bits per heavy atom. The molecule has 0 aliphatic carbocycles. The van der Waals surface area contributed by atoms with Crippen molar-refractivity contribution in [2.45, 2.75) is 26.9 Å². The standard InChI is InChI=1S/C19H31N3O2/c1-15(2)11-22-9-10-24-18(13-22)12-21(4)14-19(23)20-17-7-5-16(3)6-8-17/h5-8,15,18H,9-14H2,1-4H3,(H,20,23)/t18-/m1/s1. The molecule has 1 aliphatic heterocycles. The number of hydrogen-bond donors (Lipinski definition) is 1. The molecule has 5 heteroatoms. The fraction of sp³-hybridized carbons (Fsp3) is 0.632. The molecule has 1 saturated heterocycles. The SMILES string of the molecule is Cc1ccc(NC(=O)CN(C)C[C@@H]2CN(CC(C)C)CCO2)cc1. The van der Waals surface area contributed by atoms with E-state index in [-0.39, 0.29) is 12.0 Å². The first-order chi connectivity index (χ1) is 11.4. The maximum absolute atomic E-state index is 12.2. The second-order valence-corrected chi connectivity index (χ2v) is 7.26. The second kappa shape index (κ2) is 9.16. The van der Waals surface area contributed by atoms with Crippen LogP contribution in [0.4, 0.5) is 5.69 Å². The van der Waals surface area contributed by atoms with E-state index in [2.05, 4.69) is 24.1 Å². The Hall–Kier alpha value is -1.43. The summed E-state index contributed by atoms with van der Waals surface area (Å²) in [5.74, 6) is 0.679. The molecular weight excluding hydrogens is 302 g/mol. The summed E-state index contributed by atoms with van der Waals surface area (Å²) in [5.41, 5.74) is 2.03. The molecule has 134 valence electrons. The van der Waals surface area contributed by atoms with Gasteiger partial charge in [-0.25, -0.2) is 0 Å². The molecule has 1 aromatic carbocycles. The van der Waals surface area contributed by atoms with Crippen molar-refractivity contribution in [2.24, 2.45) is 5.92 Å². The summed E-state index contributed by atoms with van der Waals surface area (Å²) in [5, 5.41) is 2.94. The van der Waals surface area contributed by atoms with E-state index < -0.39 is 0 Å². The number of hydrogen-bond acceptors (Lipinski definition) is 4. The average Bonchev–Trinajstić information content (AvgIpc) is 2.49. The number of aryl methyl sites for hydroxylation is 1. The molecule has 1 aromatic rings. The van der Waals surface area contributed by atoms with Gasteiger partial charge in [0, 0.05) is 31.9 Å². The van der Waals surface area contributed by atoms with Crippen LogP contribution in [-0.4, -0.2) is 68.2 Å². The number of amides is 1. The van der Waals surface area contributed by atoms with Crippen molar-refractivity contribution in [3.8, 4) is 0 Å². The van der Waals surface area contributed by atoms with Crippen molar-refractivity contribution < 1.29 is 9.53 Å². The van der Waals surface area contributed by atoms with Crippen LogP contribution in [0.15, 0.2) is 24.3 Å². The third kappa shape index (κ3) is 6.59. The van der Waals surface area contributed by atoms with Gasteiger partial charge >= 0.3 is 0 Å². The summed E-state index contributed by atoms with van der Waals surface area (Å²) < 4.78 is 5.86. The molecule has 5 nitrogen and oxygen atoms in total. The predicted molar refractivity (Wildman–Crippen MR) is 98.3 cm³/mol. The molecule has 0 bridgehead atoms. The molecule has 0 radical (unpaired) electrons. The minimum absolute atomic E-state index is 0.0104. The molecular formula is C19H31N3O2. The van der Waals surface area contributed by atoms with Crippen LogP contribution in [0.5, 0.6) is 0 Å². The van der Waals surface area contributed by atoms with Gasteiger partial charge in [0.25, 0.3) is 0 Å². The van der Waals surface area contributed by atoms with Gasteiger partial charge in [0.15, 0.2) is 0 Å². The molecule has 1 aliphatic rings. The number of morpholine rings is 1. The zero-order valence-electron chi connectivity index (χ0n) is 15.4. The highest BCUT2D eigenvalue weighted by Gasteiger charge is 2.22. The molecule has 0 saturated carbocycles. The van der Waals surface area contributed by atoms with Crippen LogP contribution in [0.3, 0.4) is 0 Å². The molecule has 0 aromatic heterocycles. The molecule has 1 atom stereocenters. The largest absolute Gasteiger partial charge is 0.374 e. The minimum atomic E-state index is 0.0104. The Morgan fingerprint density at radius 1 is 1.38 bits per heavy atom. The smallest absolute Gasteiger partial charge is 0.238 e. The summed E-state index contributed by atoms with van der Waals surface area (Å²) in [7, 11) is 1.97. The van der Waals surface area contributed by atoms with Crippen LogP contribution in [0.25, 0.3) is 0 Å². The summed E-state index contributed by atoms with van der Waals surface area (Å²) in [6.07, 6.45) is 0.176. The van der Waals surface area contributed by atoms with Gasteiger partial charge in [-0.2, -0.15) is 0 Å². The van der Waals surface area contributed by atoms with Gasteiger partial charge in [0.05, 0.1) is 19.3 Å². The zero-order chi connectivity index (χ0) is 17.5. The maximum Gasteiger partial charge on any atom is 0.238 e. The van der Waals surface area contributed by atoms with Crippen LogP contribution in [-0.2, 0) is 9.53 Å². The van der Waals surface area contributed by atoms with Crippen molar-refractivity contribution in [2.75, 3.05) is 51.7 Å². The van der Waals surface area contributed by atoms with E-state index in [0.717, 1.165) is 38.5 Å². The molecule has 1 N–H and O–H groups in total. The number of nitrogens with one attached hydrogen (secondary N) is 1. The number of benzene rings is 1. The van der Waals surface area contributed by atoms with E-state index in [4.69, 9.17) is 4.74 Å². The highest BCUT2D eigenvalue weighted by atomic mass is 16.5. The van der Waals surface area contributed by atoms with Crippen LogP contribution in [0.2, 0.25) is 0 Å². The van der Waals surface area contributed by atoms with Gasteiger partial charge in [0.2, 0.25) is 5.91 Å². The van der Waals surface area contributed by atoms with Crippen molar-refractivity contribution in [3.05, 3.63) is 29.8 Å². The predicted octanol–water partition coefficient (Wildman–Crippen LogP) is 2.22. The molecule has 0 spiro atoms. The Balaban J connectivity index is 1.74. The fourth-order valence-electron chi connectivity index (χ4n) is 3.07. The Labute approximate surface area is 146 Å². The van der Waals surface area contributed by atoms with Crippen LogP contribution in [0, 0.1) is 12.8 Å². The lowest BCUT2D eigenvalue weighted by atomic mass is 10.1. The van der Waals surface area contributed by atoms with Gasteiger partial charge in [0.1, 0.15) is 0 Å². The topological polar surface area (TPSA) is 44.8 Å². The van der Waals surface area contributed by atoms with Gasteiger partial charge in [-0.3, -0.25) is 14.6 Å². The summed E-state index contributed by atoms with van der Waals surface area (Å²) >= 11 is 0. The first-order valence-electron chi connectivity index (χ1n) is 8.81. The number of carbonyl (C=O) groups excluding carboxylic acids is 1. The lowest BCUT2D eigenvalue weighted by molar-refractivity contribution is -0.117. The Kier molecular flexibility index (Phi) is 7.21. The minimum Gasteiger partial charge on any atom is -0.374 e. The lowest BCUT2D eigenvalue weighted by Gasteiger charge is -2.35. The molecule has 1 heterocycles. The quantitative estimate of drug-likeness (QED) is 0.831. The van der Waals surface area contributed by atoms with Gasteiger partial charge in [-0.15, -0.1) is 0 Å². The van der Waals surface area contributed by atoms with Crippen molar-refractivity contribution in [1.82, 2.24) is 9.80 Å². The molecule has 24 heavy (non-hydrogen) atoms. The lowest BCUT2D eigenvalue weighted by Crippen LogP contribution is -2.48. The molecule has 1 fully saturated rings. The van der Waals surface area contributed by atoms with Crippen LogP contribution >= 0.6 is 0 Å². The fourth-order valence-corrected chi connectivity index (χ4v) is 3.07. The monoisotopic (exact) mass is 333 g/mol. The number of nitrogens with zero attached hydrogens (tertiary/aromatic N) is 2. The van der Waals surface area contributed by atoms with E-state index in [1.54, 1.807) is 0 Å². The molecule has 0 unspecified atom stereocenters. The van der Waals surface area contributed by atoms with Crippen molar-refractivity contribution in [3.63, 3.8) is 0 Å². The number of ether oxygens (including phenoxy) is 1. The van der Waals surface area contributed by atoms with Crippen LogP contribution in [0.1, 0.15) is 19.4 Å². The van der Waals surface area contributed by atoms with Crippen molar-refractivity contribution >= 4 is 11.6 Å². The van der Waals surface area contributed by atoms with E-state index in [9.17, 15) is 4.79 Å². The maximum atomic E-state index is 12.2. The second-order valence-electron chi connectivity index (χ2n) is 7.26. The third-order valence-corrected chi connectivity index (χ3v) is 4.11. The summed E-state index contributed by atoms with van der Waals surface area (Å²) in [4.78, 5) is 16.6. The van der Waals surface area contributed by atoms with Crippen LogP contribution < -0.4 is 5.32 Å². The number of likely N-dealkylation sites (N-methyl/N-ethyl adjacent to an activating group) is 1. The third-order valence-electron chi connectivity index (χ3n) is 4.11. The summed E-state index contributed by atoms with van der Waals surface area (Å²) in [6.45, 7) is 11.5. The van der Waals surface area contributed by atoms with Gasteiger partial charge in [-0.05, 0) is 32.0 Å². The highest BCUT2D eigenvalue weighted by Crippen LogP contribution is 2.10. The summed E-state index contributed by atoms with van der Waals surface area (Å²) in [6, 6.07) is 7.86. The van der Waals surface area contributed by atoms with Gasteiger partial charge < -0.3 is 10.1 Å². The Morgan fingerprint density at radius 2 is 2.08 bits per heavy atom. The van der Waals surface area contributed by atoms with E-state index >= 15 is 0 Å². The number of anilines is 1. The highest BCUT2D eigenvalue weighted by molar-refractivity contribution is 5.92. The van der Waals surface area contributed by atoms with Crippen molar-refractivity contribution in [1.29, 1.82) is 0 Å². The van der Waals surface area contributed by atoms with Gasteiger partial charge in [-0.1, -0.05) is 31.5 Å². The van der Waals surface area contributed by atoms with E-state index in [1.807, 2.05) is 43.1 Å². The number of carbonyl (C=O) groups is 1. The van der Waals surface area contributed by atoms with E-state index in [1.165, 1.54) is 5.56 Å². The normalized spacial score (nSPS) is 19.0. The Bertz CT molecular complexity index is 516. The zero-order valence-corrected chi connectivity index (χ0v) is 15.4. The first kappa shape index (κ1) is 18.9. The number of rotatable bonds is 7. The average molecular weight is 333 g/mol. The first-order valence-corrected chi connectivity index (χ1v) is 8.81.